The third-order valence-electron chi connectivity index (χ3n) is 2.68. The highest BCUT2D eigenvalue weighted by Gasteiger charge is 2.18. The smallest absolute Gasteiger partial charge is 0.326 e. The van der Waals surface area contributed by atoms with E-state index in [4.69, 9.17) is 15.6 Å². The lowest BCUT2D eigenvalue weighted by Crippen LogP contribution is -2.37. The van der Waals surface area contributed by atoms with Crippen LogP contribution in [0.25, 0.3) is 0 Å². The summed E-state index contributed by atoms with van der Waals surface area (Å²) in [5.74, 6) is -0.320. The van der Waals surface area contributed by atoms with Crippen LogP contribution in [-0.4, -0.2) is 42.4 Å². The molecule has 0 aliphatic carbocycles. The van der Waals surface area contributed by atoms with E-state index in [0.717, 1.165) is 18.9 Å². The van der Waals surface area contributed by atoms with Crippen molar-refractivity contribution in [1.82, 2.24) is 4.98 Å². The van der Waals surface area contributed by atoms with Gasteiger partial charge in [0.15, 0.2) is 0 Å². The Balaban J connectivity index is 2.18. The molecule has 1 unspecified atom stereocenters. The number of hydrogen-bond acceptors (Lipinski definition) is 5. The standard InChI is InChI=1S/C11H15N3O3/c12-10(11(15)16)8-2-1-3-9(13-8)14-4-6-17-7-5-14/h1-3,10H,4-7,12H2,(H,15,16). The molecule has 17 heavy (non-hydrogen) atoms. The van der Waals surface area contributed by atoms with Crippen molar-refractivity contribution in [1.29, 1.82) is 0 Å². The first-order valence-electron chi connectivity index (χ1n) is 5.46. The van der Waals surface area contributed by atoms with Crippen LogP contribution in [-0.2, 0) is 9.53 Å². The predicted molar refractivity (Wildman–Crippen MR) is 61.8 cm³/mol. The van der Waals surface area contributed by atoms with Gasteiger partial charge in [-0.05, 0) is 12.1 Å². The van der Waals surface area contributed by atoms with Gasteiger partial charge in [0.2, 0.25) is 0 Å². The fraction of sp³-hybridized carbons (Fsp3) is 0.455. The summed E-state index contributed by atoms with van der Waals surface area (Å²) in [4.78, 5) is 17.1. The molecule has 0 amide bonds. The van der Waals surface area contributed by atoms with E-state index in [2.05, 4.69) is 9.88 Å². The molecule has 1 atom stereocenters. The molecule has 6 nitrogen and oxygen atoms in total. The lowest BCUT2D eigenvalue weighted by molar-refractivity contribution is -0.138. The van der Waals surface area contributed by atoms with Crippen molar-refractivity contribution in [3.63, 3.8) is 0 Å². The molecule has 0 bridgehead atoms. The molecule has 1 aliphatic heterocycles. The maximum Gasteiger partial charge on any atom is 0.326 e. The van der Waals surface area contributed by atoms with E-state index in [1.54, 1.807) is 12.1 Å². The van der Waals surface area contributed by atoms with Crippen LogP contribution in [0.2, 0.25) is 0 Å². The van der Waals surface area contributed by atoms with Gasteiger partial charge in [-0.25, -0.2) is 4.98 Å². The van der Waals surface area contributed by atoms with Gasteiger partial charge in [-0.1, -0.05) is 6.07 Å². The predicted octanol–water partition coefficient (Wildman–Crippen LogP) is 0.00260. The summed E-state index contributed by atoms with van der Waals surface area (Å²) in [6.45, 7) is 2.85. The Morgan fingerprint density at radius 1 is 1.47 bits per heavy atom. The van der Waals surface area contributed by atoms with Crippen molar-refractivity contribution in [2.24, 2.45) is 5.73 Å². The number of aromatic nitrogens is 1. The molecule has 0 radical (unpaired) electrons. The molecule has 1 fully saturated rings. The van der Waals surface area contributed by atoms with E-state index in [-0.39, 0.29) is 0 Å². The maximum atomic E-state index is 10.8. The van der Waals surface area contributed by atoms with Crippen molar-refractivity contribution < 1.29 is 14.6 Å². The topological polar surface area (TPSA) is 88.7 Å². The molecule has 0 aromatic carbocycles. The minimum Gasteiger partial charge on any atom is -0.480 e. The number of nitrogens with two attached hydrogens (primary N) is 1. The fourth-order valence-corrected chi connectivity index (χ4v) is 1.71. The first-order valence-corrected chi connectivity index (χ1v) is 5.46. The highest BCUT2D eigenvalue weighted by Crippen LogP contribution is 2.16. The molecule has 0 spiro atoms. The van der Waals surface area contributed by atoms with E-state index in [1.807, 2.05) is 6.07 Å². The van der Waals surface area contributed by atoms with Crippen LogP contribution in [0.5, 0.6) is 0 Å². The van der Waals surface area contributed by atoms with E-state index in [0.29, 0.717) is 18.9 Å². The normalized spacial score (nSPS) is 17.8. The minimum absolute atomic E-state index is 0.376. The Hall–Kier alpha value is -1.66. The molecule has 2 heterocycles. The van der Waals surface area contributed by atoms with Crippen molar-refractivity contribution in [2.75, 3.05) is 31.2 Å². The average molecular weight is 237 g/mol. The molecular formula is C11H15N3O3. The number of carboxylic acid groups (broad SMARTS) is 1. The minimum atomic E-state index is -1.07. The number of rotatable bonds is 3. The number of carbonyl (C=O) groups is 1. The molecule has 1 saturated heterocycles. The molecule has 1 aromatic heterocycles. The monoisotopic (exact) mass is 237 g/mol. The number of nitrogens with zero attached hydrogens (tertiary/aromatic N) is 2. The van der Waals surface area contributed by atoms with Crippen LogP contribution in [0.3, 0.4) is 0 Å². The number of carboxylic acids is 1. The molecular weight excluding hydrogens is 222 g/mol. The van der Waals surface area contributed by atoms with Crippen LogP contribution >= 0.6 is 0 Å². The van der Waals surface area contributed by atoms with Crippen LogP contribution < -0.4 is 10.6 Å². The number of pyridine rings is 1. The number of hydrogen-bond donors (Lipinski definition) is 2. The number of ether oxygens (including phenoxy) is 1. The van der Waals surface area contributed by atoms with Crippen LogP contribution in [0.4, 0.5) is 5.82 Å². The summed E-state index contributed by atoms with van der Waals surface area (Å²) < 4.78 is 5.25. The Bertz CT molecular complexity index is 405. The van der Waals surface area contributed by atoms with Crippen LogP contribution in [0.1, 0.15) is 11.7 Å². The second-order valence-electron chi connectivity index (χ2n) is 3.84. The zero-order chi connectivity index (χ0) is 12.3. The van der Waals surface area contributed by atoms with E-state index >= 15 is 0 Å². The average Bonchev–Trinajstić information content (AvgIpc) is 2.39. The largest absolute Gasteiger partial charge is 0.480 e. The summed E-state index contributed by atoms with van der Waals surface area (Å²) in [7, 11) is 0. The number of anilines is 1. The van der Waals surface area contributed by atoms with Gasteiger partial charge in [0.25, 0.3) is 0 Å². The first-order chi connectivity index (χ1) is 8.18. The quantitative estimate of drug-likeness (QED) is 0.769. The van der Waals surface area contributed by atoms with Crippen LogP contribution in [0, 0.1) is 0 Å². The third kappa shape index (κ3) is 2.72. The van der Waals surface area contributed by atoms with Gasteiger partial charge in [-0.15, -0.1) is 0 Å². The fourth-order valence-electron chi connectivity index (χ4n) is 1.71. The van der Waals surface area contributed by atoms with Gasteiger partial charge in [0, 0.05) is 13.1 Å². The van der Waals surface area contributed by atoms with E-state index in [9.17, 15) is 4.79 Å². The second-order valence-corrected chi connectivity index (χ2v) is 3.84. The van der Waals surface area contributed by atoms with Gasteiger partial charge in [-0.2, -0.15) is 0 Å². The second kappa shape index (κ2) is 5.11. The van der Waals surface area contributed by atoms with Gasteiger partial charge < -0.3 is 20.5 Å². The Kier molecular flexibility index (Phi) is 3.55. The first kappa shape index (κ1) is 11.8. The third-order valence-corrected chi connectivity index (χ3v) is 2.68. The SMILES string of the molecule is NC(C(=O)O)c1cccc(N2CCOCC2)n1. The molecule has 6 heteroatoms. The Labute approximate surface area is 99.0 Å². The van der Waals surface area contributed by atoms with E-state index < -0.39 is 12.0 Å². The van der Waals surface area contributed by atoms with E-state index in [1.165, 1.54) is 0 Å². The van der Waals surface area contributed by atoms with Gasteiger partial charge >= 0.3 is 5.97 Å². The highest BCUT2D eigenvalue weighted by atomic mass is 16.5. The van der Waals surface area contributed by atoms with Crippen molar-refractivity contribution >= 4 is 11.8 Å². The summed E-state index contributed by atoms with van der Waals surface area (Å²) >= 11 is 0. The molecule has 1 aromatic rings. The Morgan fingerprint density at radius 2 is 2.18 bits per heavy atom. The summed E-state index contributed by atoms with van der Waals surface area (Å²) in [6.07, 6.45) is 0. The Morgan fingerprint density at radius 3 is 2.82 bits per heavy atom. The van der Waals surface area contributed by atoms with Gasteiger partial charge in [0.1, 0.15) is 11.9 Å². The van der Waals surface area contributed by atoms with Crippen molar-refractivity contribution in [3.8, 4) is 0 Å². The number of aliphatic carboxylic acids is 1. The zero-order valence-corrected chi connectivity index (χ0v) is 9.37. The molecule has 2 rings (SSSR count). The molecule has 1 aliphatic rings. The van der Waals surface area contributed by atoms with Gasteiger partial charge in [-0.3, -0.25) is 4.79 Å². The van der Waals surface area contributed by atoms with Crippen molar-refractivity contribution in [2.45, 2.75) is 6.04 Å². The lowest BCUT2D eigenvalue weighted by atomic mass is 10.2. The highest BCUT2D eigenvalue weighted by molar-refractivity contribution is 5.74. The van der Waals surface area contributed by atoms with Gasteiger partial charge in [0.05, 0.1) is 18.9 Å². The molecule has 3 N–H and O–H groups in total. The van der Waals surface area contributed by atoms with Crippen LogP contribution in [0.15, 0.2) is 18.2 Å². The lowest BCUT2D eigenvalue weighted by Gasteiger charge is -2.28. The summed E-state index contributed by atoms with van der Waals surface area (Å²) in [6, 6.07) is 4.18. The summed E-state index contributed by atoms with van der Waals surface area (Å²) in [5.41, 5.74) is 5.91. The number of morpholine rings is 1. The summed E-state index contributed by atoms with van der Waals surface area (Å²) in [5, 5.41) is 8.84. The molecule has 0 saturated carbocycles. The zero-order valence-electron chi connectivity index (χ0n) is 9.37. The molecule has 92 valence electrons. The van der Waals surface area contributed by atoms with Crippen molar-refractivity contribution in [3.05, 3.63) is 23.9 Å². The maximum absolute atomic E-state index is 10.8.